The van der Waals surface area contributed by atoms with Gasteiger partial charge in [-0.1, -0.05) is 12.1 Å². The molecule has 1 unspecified atom stereocenters. The predicted octanol–water partition coefficient (Wildman–Crippen LogP) is 2.76. The van der Waals surface area contributed by atoms with Gasteiger partial charge in [0.1, 0.15) is 17.7 Å². The van der Waals surface area contributed by atoms with Gasteiger partial charge in [0.15, 0.2) is 0 Å². The van der Waals surface area contributed by atoms with Crippen LogP contribution in [0.5, 0.6) is 0 Å². The lowest BCUT2D eigenvalue weighted by molar-refractivity contribution is -0.137. The summed E-state index contributed by atoms with van der Waals surface area (Å²) in [6.45, 7) is 1.75. The first-order valence-electron chi connectivity index (χ1n) is 11.9. The molecule has 1 aliphatic heterocycles. The summed E-state index contributed by atoms with van der Waals surface area (Å²) in [6, 6.07) is 10.6. The number of morpholine rings is 1. The van der Waals surface area contributed by atoms with Crippen LogP contribution in [0.4, 0.5) is 8.78 Å². The summed E-state index contributed by atoms with van der Waals surface area (Å²) in [7, 11) is 0. The van der Waals surface area contributed by atoms with Gasteiger partial charge in [0.05, 0.1) is 13.2 Å². The molecule has 3 amide bonds. The molecular weight excluding hydrogens is 456 g/mol. The summed E-state index contributed by atoms with van der Waals surface area (Å²) in [4.78, 5) is 39.8. The van der Waals surface area contributed by atoms with E-state index < -0.39 is 17.8 Å². The lowest BCUT2D eigenvalue weighted by Crippen LogP contribution is -2.51. The largest absolute Gasteiger partial charge is 0.378 e. The van der Waals surface area contributed by atoms with Crippen LogP contribution in [-0.2, 0) is 14.3 Å². The van der Waals surface area contributed by atoms with Gasteiger partial charge in [-0.25, -0.2) is 8.78 Å². The van der Waals surface area contributed by atoms with E-state index in [0.29, 0.717) is 39.1 Å². The number of carbonyl (C=O) groups is 3. The number of ether oxygens (including phenoxy) is 1. The average molecular weight is 486 g/mol. The van der Waals surface area contributed by atoms with Crippen LogP contribution in [0.2, 0.25) is 0 Å². The van der Waals surface area contributed by atoms with Gasteiger partial charge in [0, 0.05) is 37.0 Å². The Labute approximate surface area is 202 Å². The van der Waals surface area contributed by atoms with Crippen molar-refractivity contribution < 1.29 is 27.9 Å². The zero-order valence-corrected chi connectivity index (χ0v) is 19.3. The molecule has 1 saturated carbocycles. The molecule has 2 aromatic carbocycles. The van der Waals surface area contributed by atoms with Crippen LogP contribution in [0.3, 0.4) is 0 Å². The smallest absolute Gasteiger partial charge is 0.251 e. The lowest BCUT2D eigenvalue weighted by atomic mass is 10.1. The van der Waals surface area contributed by atoms with Crippen LogP contribution in [0.15, 0.2) is 48.5 Å². The minimum atomic E-state index is -0.800. The van der Waals surface area contributed by atoms with Crippen molar-refractivity contribution in [2.24, 2.45) is 0 Å². The quantitative estimate of drug-likeness (QED) is 0.572. The fourth-order valence-corrected chi connectivity index (χ4v) is 4.28. The molecule has 2 aliphatic rings. The third kappa shape index (κ3) is 6.85. The van der Waals surface area contributed by atoms with Gasteiger partial charge in [0.25, 0.3) is 5.91 Å². The molecule has 35 heavy (non-hydrogen) atoms. The summed E-state index contributed by atoms with van der Waals surface area (Å²) in [6.07, 6.45) is 1.72. The molecule has 0 aromatic heterocycles. The topological polar surface area (TPSA) is 87.7 Å². The molecule has 186 valence electrons. The van der Waals surface area contributed by atoms with E-state index in [2.05, 4.69) is 10.6 Å². The minimum absolute atomic E-state index is 0.0249. The van der Waals surface area contributed by atoms with Crippen LogP contribution in [-0.4, -0.2) is 61.0 Å². The molecule has 1 heterocycles. The third-order valence-electron chi connectivity index (χ3n) is 6.36. The first kappa shape index (κ1) is 24.8. The van der Waals surface area contributed by atoms with Gasteiger partial charge >= 0.3 is 0 Å². The molecule has 2 aromatic rings. The maximum absolute atomic E-state index is 13.2. The van der Waals surface area contributed by atoms with E-state index in [0.717, 1.165) is 12.0 Å². The monoisotopic (exact) mass is 485 g/mol. The second-order valence-electron chi connectivity index (χ2n) is 8.93. The highest BCUT2D eigenvalue weighted by molar-refractivity contribution is 5.97. The van der Waals surface area contributed by atoms with Crippen molar-refractivity contribution in [2.45, 2.75) is 43.7 Å². The van der Waals surface area contributed by atoms with Crippen molar-refractivity contribution in [3.05, 3.63) is 71.3 Å². The Kier molecular flexibility index (Phi) is 8.07. The number of nitrogens with one attached hydrogen (secondary N) is 2. The van der Waals surface area contributed by atoms with Gasteiger partial charge in [0.2, 0.25) is 11.8 Å². The molecule has 9 heteroatoms. The average Bonchev–Trinajstić information content (AvgIpc) is 3.63. The number of hydrogen-bond donors (Lipinski definition) is 2. The van der Waals surface area contributed by atoms with Gasteiger partial charge in [-0.05, 0) is 61.2 Å². The molecule has 3 atom stereocenters. The normalized spacial score (nSPS) is 20.1. The summed E-state index contributed by atoms with van der Waals surface area (Å²) < 4.78 is 31.6. The Hall–Kier alpha value is -3.33. The number of rotatable bonds is 9. The highest BCUT2D eigenvalue weighted by Gasteiger charge is 2.39. The maximum atomic E-state index is 13.2. The van der Waals surface area contributed by atoms with Crippen molar-refractivity contribution in [3.8, 4) is 0 Å². The van der Waals surface area contributed by atoms with Gasteiger partial charge in [-0.2, -0.15) is 0 Å². The standard InChI is InChI=1S/C26H29F2N3O4/c27-19-8-4-17(5-9-19)21-16-23(21)29-24(32)3-1-2-22(26(34)31-12-14-35-15-13-31)30-25(33)18-6-10-20(28)11-7-18/h4-11,21-23H,1-3,12-16H2,(H,29,32)(H,30,33)/t21-,22-,23?/m0/s1. The first-order chi connectivity index (χ1) is 16.9. The molecule has 0 spiro atoms. The summed E-state index contributed by atoms with van der Waals surface area (Å²) in [5.41, 5.74) is 1.25. The number of carbonyl (C=O) groups excluding carboxylic acids is 3. The zero-order chi connectivity index (χ0) is 24.8. The van der Waals surface area contributed by atoms with Crippen molar-refractivity contribution >= 4 is 17.7 Å². The Bertz CT molecular complexity index is 1040. The highest BCUT2D eigenvalue weighted by atomic mass is 19.1. The molecule has 4 rings (SSSR count). The summed E-state index contributed by atoms with van der Waals surface area (Å²) >= 11 is 0. The summed E-state index contributed by atoms with van der Waals surface area (Å²) in [5, 5.41) is 5.74. The number of hydrogen-bond acceptors (Lipinski definition) is 4. The molecule has 2 fully saturated rings. The highest BCUT2D eigenvalue weighted by Crippen LogP contribution is 2.40. The summed E-state index contributed by atoms with van der Waals surface area (Å²) in [5.74, 6) is -1.37. The number of halogens is 2. The Balaban J connectivity index is 1.29. The van der Waals surface area contributed by atoms with E-state index in [-0.39, 0.29) is 41.6 Å². The van der Waals surface area contributed by atoms with Gasteiger partial charge in [-0.15, -0.1) is 0 Å². The SMILES string of the molecule is O=C(CCC[C@H](NC(=O)c1ccc(F)cc1)C(=O)N1CCOCC1)NC1C[C@H]1c1ccc(F)cc1. The maximum Gasteiger partial charge on any atom is 0.251 e. The van der Waals surface area contributed by atoms with Crippen molar-refractivity contribution in [2.75, 3.05) is 26.3 Å². The minimum Gasteiger partial charge on any atom is -0.378 e. The molecule has 0 radical (unpaired) electrons. The van der Waals surface area contributed by atoms with E-state index in [1.54, 1.807) is 17.0 Å². The molecule has 7 nitrogen and oxygen atoms in total. The molecule has 0 bridgehead atoms. The Morgan fingerprint density at radius 3 is 2.26 bits per heavy atom. The van der Waals surface area contributed by atoms with Gasteiger partial charge in [-0.3, -0.25) is 14.4 Å². The van der Waals surface area contributed by atoms with E-state index in [1.807, 2.05) is 0 Å². The molecule has 2 N–H and O–H groups in total. The van der Waals surface area contributed by atoms with E-state index >= 15 is 0 Å². The molecule has 1 aliphatic carbocycles. The van der Waals surface area contributed by atoms with Crippen LogP contribution in [0, 0.1) is 11.6 Å². The van der Waals surface area contributed by atoms with Crippen LogP contribution < -0.4 is 10.6 Å². The van der Waals surface area contributed by atoms with Crippen LogP contribution in [0.1, 0.15) is 47.5 Å². The van der Waals surface area contributed by atoms with Crippen molar-refractivity contribution in [1.29, 1.82) is 0 Å². The van der Waals surface area contributed by atoms with Crippen LogP contribution >= 0.6 is 0 Å². The Morgan fingerprint density at radius 2 is 1.60 bits per heavy atom. The third-order valence-corrected chi connectivity index (χ3v) is 6.36. The predicted molar refractivity (Wildman–Crippen MR) is 125 cm³/mol. The number of benzene rings is 2. The molecular formula is C26H29F2N3O4. The van der Waals surface area contributed by atoms with E-state index in [9.17, 15) is 23.2 Å². The molecule has 1 saturated heterocycles. The first-order valence-corrected chi connectivity index (χ1v) is 11.9. The zero-order valence-electron chi connectivity index (χ0n) is 19.3. The Morgan fingerprint density at radius 1 is 0.971 bits per heavy atom. The van der Waals surface area contributed by atoms with Gasteiger partial charge < -0.3 is 20.3 Å². The number of nitrogens with zero attached hydrogens (tertiary/aromatic N) is 1. The van der Waals surface area contributed by atoms with Crippen LogP contribution in [0.25, 0.3) is 0 Å². The van der Waals surface area contributed by atoms with Crippen molar-refractivity contribution in [3.63, 3.8) is 0 Å². The second-order valence-corrected chi connectivity index (χ2v) is 8.93. The van der Waals surface area contributed by atoms with Crippen molar-refractivity contribution in [1.82, 2.24) is 15.5 Å². The lowest BCUT2D eigenvalue weighted by Gasteiger charge is -2.30. The fourth-order valence-electron chi connectivity index (χ4n) is 4.28. The van der Waals surface area contributed by atoms with E-state index in [4.69, 9.17) is 4.74 Å². The van der Waals surface area contributed by atoms with E-state index in [1.165, 1.54) is 36.4 Å². The second kappa shape index (κ2) is 11.4. The fraction of sp³-hybridized carbons (Fsp3) is 0.423. The number of amides is 3.